The van der Waals surface area contributed by atoms with E-state index in [0.717, 1.165) is 5.69 Å². The summed E-state index contributed by atoms with van der Waals surface area (Å²) in [6, 6.07) is -1.01. The minimum absolute atomic E-state index is 0.208. The van der Waals surface area contributed by atoms with E-state index in [9.17, 15) is 9.90 Å². The number of nitrogens with one attached hydrogen (secondary N) is 2. The van der Waals surface area contributed by atoms with Crippen LogP contribution in [0, 0.1) is 17.8 Å². The van der Waals surface area contributed by atoms with E-state index in [2.05, 4.69) is 49.6 Å². The van der Waals surface area contributed by atoms with Crippen molar-refractivity contribution < 1.29 is 9.90 Å². The second kappa shape index (κ2) is 10.4. The Morgan fingerprint density at radius 1 is 1.40 bits per heavy atom. The van der Waals surface area contributed by atoms with E-state index in [-0.39, 0.29) is 17.9 Å². The van der Waals surface area contributed by atoms with Crippen molar-refractivity contribution in [2.75, 3.05) is 0 Å². The molecule has 0 fully saturated rings. The van der Waals surface area contributed by atoms with Gasteiger partial charge in [-0.05, 0) is 30.6 Å². The van der Waals surface area contributed by atoms with Crippen LogP contribution in [-0.4, -0.2) is 39.2 Å². The summed E-state index contributed by atoms with van der Waals surface area (Å²) in [5.41, 5.74) is 6.75. The summed E-state index contributed by atoms with van der Waals surface area (Å²) in [7, 11) is 0. The average molecular weight is 351 g/mol. The fourth-order valence-corrected chi connectivity index (χ4v) is 2.91. The van der Waals surface area contributed by atoms with Gasteiger partial charge in [0.15, 0.2) is 0 Å². The van der Waals surface area contributed by atoms with Crippen molar-refractivity contribution in [1.82, 2.24) is 15.3 Å². The van der Waals surface area contributed by atoms with Crippen molar-refractivity contribution in [3.05, 3.63) is 30.9 Å². The predicted molar refractivity (Wildman–Crippen MR) is 101 cm³/mol. The Bertz CT molecular complexity index is 514. The van der Waals surface area contributed by atoms with E-state index in [1.807, 2.05) is 6.08 Å². The van der Waals surface area contributed by atoms with Crippen LogP contribution in [0.1, 0.15) is 46.2 Å². The minimum Gasteiger partial charge on any atom is -0.391 e. The van der Waals surface area contributed by atoms with Crippen molar-refractivity contribution in [3.63, 3.8) is 0 Å². The fraction of sp³-hybridized carbons (Fsp3) is 0.684. The van der Waals surface area contributed by atoms with Gasteiger partial charge in [-0.25, -0.2) is 4.98 Å². The molecule has 0 saturated carbocycles. The number of H-pyrrole nitrogens is 1. The number of hydrogen-bond donors (Lipinski definition) is 4. The molecule has 1 heterocycles. The van der Waals surface area contributed by atoms with E-state index >= 15 is 0 Å². The largest absolute Gasteiger partial charge is 0.391 e. The number of carbonyl (C=O) groups excluding carboxylic acids is 1. The van der Waals surface area contributed by atoms with Crippen molar-refractivity contribution >= 4 is 5.91 Å². The second-order valence-electron chi connectivity index (χ2n) is 7.56. The molecular formula is C19H34N4O2. The van der Waals surface area contributed by atoms with Gasteiger partial charge in [-0.3, -0.25) is 4.79 Å². The third-order valence-corrected chi connectivity index (χ3v) is 4.51. The number of amides is 1. The zero-order valence-electron chi connectivity index (χ0n) is 15.9. The third kappa shape index (κ3) is 7.40. The number of nitrogens with zero attached hydrogens (tertiary/aromatic N) is 1. The lowest BCUT2D eigenvalue weighted by Gasteiger charge is -2.30. The highest BCUT2D eigenvalue weighted by Gasteiger charge is 2.27. The number of allylic oxidation sites excluding steroid dienone is 1. The maximum atomic E-state index is 12.4. The van der Waals surface area contributed by atoms with Gasteiger partial charge >= 0.3 is 0 Å². The molecule has 0 unspecified atom stereocenters. The van der Waals surface area contributed by atoms with Gasteiger partial charge in [0.05, 0.1) is 30.2 Å². The molecule has 1 aromatic heterocycles. The average Bonchev–Trinajstić information content (AvgIpc) is 3.03. The van der Waals surface area contributed by atoms with Gasteiger partial charge in [0.1, 0.15) is 0 Å². The molecule has 0 aromatic carbocycles. The molecule has 0 radical (unpaired) electrons. The van der Waals surface area contributed by atoms with E-state index in [1.165, 1.54) is 0 Å². The number of carbonyl (C=O) groups is 1. The molecule has 0 bridgehead atoms. The van der Waals surface area contributed by atoms with E-state index < -0.39 is 12.1 Å². The van der Waals surface area contributed by atoms with Crippen LogP contribution in [0.5, 0.6) is 0 Å². The summed E-state index contributed by atoms with van der Waals surface area (Å²) in [4.78, 5) is 19.4. The van der Waals surface area contributed by atoms with Crippen LogP contribution in [0.25, 0.3) is 0 Å². The molecule has 1 aromatic rings. The van der Waals surface area contributed by atoms with Gasteiger partial charge in [0, 0.05) is 12.6 Å². The number of imidazole rings is 1. The summed E-state index contributed by atoms with van der Waals surface area (Å²) in [6.45, 7) is 12.2. The summed E-state index contributed by atoms with van der Waals surface area (Å²) < 4.78 is 0. The first-order valence-corrected chi connectivity index (χ1v) is 9.08. The quantitative estimate of drug-likeness (QED) is 0.458. The van der Waals surface area contributed by atoms with Crippen LogP contribution < -0.4 is 11.1 Å². The molecule has 6 nitrogen and oxygen atoms in total. The highest BCUT2D eigenvalue weighted by Crippen LogP contribution is 2.21. The fourth-order valence-electron chi connectivity index (χ4n) is 2.91. The van der Waals surface area contributed by atoms with Crippen LogP contribution in [0.4, 0.5) is 0 Å². The molecule has 0 spiro atoms. The number of aromatic nitrogens is 2. The van der Waals surface area contributed by atoms with Crippen molar-refractivity contribution in [3.8, 4) is 0 Å². The summed E-state index contributed by atoms with van der Waals surface area (Å²) in [6.07, 6.45) is 6.18. The molecular weight excluding hydrogens is 316 g/mol. The molecule has 1 rings (SSSR count). The Balaban J connectivity index is 2.70. The van der Waals surface area contributed by atoms with Crippen molar-refractivity contribution in [2.24, 2.45) is 23.5 Å². The topological polar surface area (TPSA) is 104 Å². The number of rotatable bonds is 11. The van der Waals surface area contributed by atoms with Gasteiger partial charge < -0.3 is 21.1 Å². The molecule has 0 aliphatic carbocycles. The first-order valence-electron chi connectivity index (χ1n) is 9.08. The lowest BCUT2D eigenvalue weighted by Crippen LogP contribution is -2.51. The number of hydrogen-bond acceptors (Lipinski definition) is 4. The van der Waals surface area contributed by atoms with Crippen molar-refractivity contribution in [1.29, 1.82) is 0 Å². The normalized spacial score (nSPS) is 16.5. The van der Waals surface area contributed by atoms with Crippen LogP contribution in [0.2, 0.25) is 0 Å². The highest BCUT2D eigenvalue weighted by molar-refractivity contribution is 5.82. The number of nitrogens with two attached hydrogens (primary N) is 1. The smallest absolute Gasteiger partial charge is 0.237 e. The standard InChI is InChI=1S/C19H34N4O2/c1-6-14(13(4)5)8-18(24)17(7-12(2)3)23-19(25)16(20)9-15-10-21-11-22-15/h6,10-14,16-18,24H,1,7-9,20H2,2-5H3,(H,21,22)(H,23,25)/t14-,16-,17-,18-/m0/s1. The van der Waals surface area contributed by atoms with Crippen LogP contribution >= 0.6 is 0 Å². The monoisotopic (exact) mass is 350 g/mol. The molecule has 25 heavy (non-hydrogen) atoms. The molecule has 0 saturated heterocycles. The molecule has 0 aliphatic heterocycles. The van der Waals surface area contributed by atoms with E-state index in [1.54, 1.807) is 12.5 Å². The molecule has 5 N–H and O–H groups in total. The van der Waals surface area contributed by atoms with Crippen LogP contribution in [0.15, 0.2) is 25.2 Å². The Morgan fingerprint density at radius 2 is 2.08 bits per heavy atom. The van der Waals surface area contributed by atoms with Gasteiger partial charge in [-0.15, -0.1) is 6.58 Å². The highest BCUT2D eigenvalue weighted by atomic mass is 16.3. The summed E-state index contributed by atoms with van der Waals surface area (Å²) in [5, 5.41) is 13.6. The number of aliphatic hydroxyl groups excluding tert-OH is 1. The molecule has 6 heteroatoms. The zero-order chi connectivity index (χ0) is 19.0. The van der Waals surface area contributed by atoms with Crippen LogP contribution in [0.3, 0.4) is 0 Å². The first kappa shape index (κ1) is 21.4. The zero-order valence-corrected chi connectivity index (χ0v) is 15.9. The molecule has 142 valence electrons. The van der Waals surface area contributed by atoms with Gasteiger partial charge in [-0.1, -0.05) is 33.8 Å². The Hall–Kier alpha value is -1.66. The SMILES string of the molecule is C=C[C@@H](C[C@H](O)[C@H](CC(C)C)NC(=O)[C@@H](N)Cc1c[nH]cn1)C(C)C. The van der Waals surface area contributed by atoms with Gasteiger partial charge in [-0.2, -0.15) is 0 Å². The predicted octanol–water partition coefficient (Wildman–Crippen LogP) is 2.02. The van der Waals surface area contributed by atoms with E-state index in [0.29, 0.717) is 31.1 Å². The Labute approximate surface area is 151 Å². The number of aliphatic hydroxyl groups is 1. The first-order chi connectivity index (χ1) is 11.7. The van der Waals surface area contributed by atoms with Crippen molar-refractivity contribution in [2.45, 2.75) is 65.1 Å². The molecule has 4 atom stereocenters. The third-order valence-electron chi connectivity index (χ3n) is 4.51. The van der Waals surface area contributed by atoms with Gasteiger partial charge in [0.2, 0.25) is 5.91 Å². The summed E-state index contributed by atoms with van der Waals surface area (Å²) >= 11 is 0. The second-order valence-corrected chi connectivity index (χ2v) is 7.56. The Kier molecular flexibility index (Phi) is 8.86. The lowest BCUT2D eigenvalue weighted by atomic mass is 9.86. The summed E-state index contributed by atoms with van der Waals surface area (Å²) in [5.74, 6) is 0.694. The van der Waals surface area contributed by atoms with E-state index in [4.69, 9.17) is 5.73 Å². The van der Waals surface area contributed by atoms with Crippen LogP contribution in [-0.2, 0) is 11.2 Å². The Morgan fingerprint density at radius 3 is 2.56 bits per heavy atom. The maximum Gasteiger partial charge on any atom is 0.237 e. The maximum absolute atomic E-state index is 12.4. The lowest BCUT2D eigenvalue weighted by molar-refractivity contribution is -0.124. The minimum atomic E-state index is -0.689. The molecule has 1 amide bonds. The number of aromatic amines is 1. The van der Waals surface area contributed by atoms with Gasteiger partial charge in [0.25, 0.3) is 0 Å². The molecule has 0 aliphatic rings.